The van der Waals surface area contributed by atoms with Gasteiger partial charge in [0, 0.05) is 23.9 Å². The van der Waals surface area contributed by atoms with Crippen molar-refractivity contribution in [1.29, 1.82) is 0 Å². The second-order valence-electron chi connectivity index (χ2n) is 7.00. The highest BCUT2D eigenvalue weighted by Gasteiger charge is 2.27. The molecule has 6 heteroatoms. The Kier molecular flexibility index (Phi) is 4.16. The highest BCUT2D eigenvalue weighted by atomic mass is 32.1. The molecule has 1 aliphatic carbocycles. The van der Waals surface area contributed by atoms with E-state index in [0.29, 0.717) is 0 Å². The van der Waals surface area contributed by atoms with Crippen LogP contribution in [0.2, 0.25) is 0 Å². The Morgan fingerprint density at radius 2 is 1.92 bits per heavy atom. The average Bonchev–Trinajstić information content (AvgIpc) is 2.75. The van der Waals surface area contributed by atoms with Crippen LogP contribution in [-0.2, 0) is 17.6 Å². The van der Waals surface area contributed by atoms with E-state index in [-0.39, 0.29) is 11.8 Å². The molecule has 1 fully saturated rings. The van der Waals surface area contributed by atoms with Crippen LogP contribution in [0.4, 0.5) is 5.82 Å². The van der Waals surface area contributed by atoms with Gasteiger partial charge in [-0.3, -0.25) is 4.79 Å². The fourth-order valence-electron chi connectivity index (χ4n) is 4.02. The summed E-state index contributed by atoms with van der Waals surface area (Å²) in [4.78, 5) is 26.0. The second kappa shape index (κ2) is 6.31. The summed E-state index contributed by atoms with van der Waals surface area (Å²) < 4.78 is 0. The van der Waals surface area contributed by atoms with Crippen molar-refractivity contribution < 1.29 is 4.79 Å². The van der Waals surface area contributed by atoms with Crippen LogP contribution in [0, 0.1) is 12.8 Å². The van der Waals surface area contributed by atoms with Gasteiger partial charge in [0.1, 0.15) is 16.5 Å². The number of primary amides is 1. The van der Waals surface area contributed by atoms with Crippen LogP contribution in [-0.4, -0.2) is 29.0 Å². The number of fused-ring (bicyclic) bond motifs is 3. The van der Waals surface area contributed by atoms with Crippen LogP contribution in [0.25, 0.3) is 10.2 Å². The highest BCUT2D eigenvalue weighted by Crippen LogP contribution is 2.39. The van der Waals surface area contributed by atoms with Gasteiger partial charge in [-0.05, 0) is 51.0 Å². The van der Waals surface area contributed by atoms with Gasteiger partial charge in [0.05, 0.1) is 5.39 Å². The summed E-state index contributed by atoms with van der Waals surface area (Å²) in [5.41, 5.74) is 6.96. The molecule has 0 saturated carbocycles. The van der Waals surface area contributed by atoms with Gasteiger partial charge >= 0.3 is 0 Å². The first kappa shape index (κ1) is 15.8. The number of carbonyl (C=O) groups is 1. The van der Waals surface area contributed by atoms with Gasteiger partial charge < -0.3 is 10.6 Å². The van der Waals surface area contributed by atoms with Gasteiger partial charge in [0.25, 0.3) is 0 Å². The van der Waals surface area contributed by atoms with Gasteiger partial charge in [0.15, 0.2) is 0 Å². The highest BCUT2D eigenvalue weighted by molar-refractivity contribution is 7.19. The van der Waals surface area contributed by atoms with Crippen molar-refractivity contribution >= 4 is 33.3 Å². The van der Waals surface area contributed by atoms with Gasteiger partial charge in [-0.15, -0.1) is 11.3 Å². The maximum Gasteiger partial charge on any atom is 0.220 e. The molecule has 2 N–H and O–H groups in total. The maximum atomic E-state index is 11.4. The number of hydrogen-bond acceptors (Lipinski definition) is 5. The van der Waals surface area contributed by atoms with Crippen LogP contribution < -0.4 is 10.6 Å². The molecule has 2 aromatic heterocycles. The zero-order chi connectivity index (χ0) is 16.7. The second-order valence-corrected chi connectivity index (χ2v) is 8.09. The third-order valence-electron chi connectivity index (χ3n) is 5.35. The summed E-state index contributed by atoms with van der Waals surface area (Å²) in [6, 6.07) is 0. The van der Waals surface area contributed by atoms with Gasteiger partial charge in [0.2, 0.25) is 5.91 Å². The number of nitrogens with zero attached hydrogens (tertiary/aromatic N) is 3. The molecule has 1 saturated heterocycles. The number of rotatable bonds is 2. The Morgan fingerprint density at radius 1 is 1.17 bits per heavy atom. The molecule has 24 heavy (non-hydrogen) atoms. The lowest BCUT2D eigenvalue weighted by Crippen LogP contribution is -2.39. The predicted octanol–water partition coefficient (Wildman–Crippen LogP) is 2.97. The molecular weight excluding hydrogens is 320 g/mol. The Balaban J connectivity index is 1.75. The van der Waals surface area contributed by atoms with Crippen molar-refractivity contribution in [3.63, 3.8) is 0 Å². The molecule has 1 amide bonds. The molecule has 0 radical (unpaired) electrons. The van der Waals surface area contributed by atoms with Crippen molar-refractivity contribution in [3.8, 4) is 0 Å². The molecule has 3 heterocycles. The Labute approximate surface area is 146 Å². The van der Waals surface area contributed by atoms with Crippen LogP contribution in [0.1, 0.15) is 48.4 Å². The van der Waals surface area contributed by atoms with Crippen molar-refractivity contribution in [2.45, 2.75) is 51.9 Å². The summed E-state index contributed by atoms with van der Waals surface area (Å²) in [6.45, 7) is 3.68. The van der Waals surface area contributed by atoms with E-state index in [2.05, 4.69) is 4.90 Å². The number of anilines is 1. The molecule has 0 spiro atoms. The number of aryl methyl sites for hydroxylation is 3. The molecule has 0 unspecified atom stereocenters. The van der Waals surface area contributed by atoms with Crippen LogP contribution in [0.3, 0.4) is 0 Å². The zero-order valence-corrected chi connectivity index (χ0v) is 15.0. The van der Waals surface area contributed by atoms with E-state index < -0.39 is 0 Å². The summed E-state index contributed by atoms with van der Waals surface area (Å²) in [5, 5.41) is 1.28. The van der Waals surface area contributed by atoms with Gasteiger partial charge in [-0.2, -0.15) is 0 Å². The number of thiophene rings is 1. The van der Waals surface area contributed by atoms with Crippen molar-refractivity contribution in [2.24, 2.45) is 11.7 Å². The largest absolute Gasteiger partial charge is 0.369 e. The van der Waals surface area contributed by atoms with Gasteiger partial charge in [-0.25, -0.2) is 9.97 Å². The fraction of sp³-hybridized carbons (Fsp3) is 0.611. The van der Waals surface area contributed by atoms with Gasteiger partial charge in [-0.1, -0.05) is 6.42 Å². The molecule has 1 aliphatic heterocycles. The van der Waals surface area contributed by atoms with Crippen molar-refractivity contribution in [3.05, 3.63) is 16.3 Å². The quantitative estimate of drug-likeness (QED) is 0.850. The number of nitrogens with two attached hydrogens (primary N) is 1. The van der Waals surface area contributed by atoms with Crippen molar-refractivity contribution in [2.75, 3.05) is 18.0 Å². The number of amides is 1. The summed E-state index contributed by atoms with van der Waals surface area (Å²) in [5.74, 6) is 1.77. The fourth-order valence-corrected chi connectivity index (χ4v) is 5.32. The predicted molar refractivity (Wildman–Crippen MR) is 97.5 cm³/mol. The lowest BCUT2D eigenvalue weighted by Gasteiger charge is -2.32. The van der Waals surface area contributed by atoms with Crippen molar-refractivity contribution in [1.82, 2.24) is 9.97 Å². The third kappa shape index (κ3) is 2.77. The minimum atomic E-state index is -0.164. The minimum absolute atomic E-state index is 0.0132. The number of hydrogen-bond donors (Lipinski definition) is 1. The van der Waals surface area contributed by atoms with E-state index in [1.54, 1.807) is 0 Å². The van der Waals surface area contributed by atoms with E-state index in [9.17, 15) is 4.79 Å². The zero-order valence-electron chi connectivity index (χ0n) is 14.2. The first-order chi connectivity index (χ1) is 11.6. The van der Waals surface area contributed by atoms with E-state index in [4.69, 9.17) is 15.7 Å². The van der Waals surface area contributed by atoms with E-state index in [1.807, 2.05) is 18.3 Å². The van der Waals surface area contributed by atoms with Crippen LogP contribution in [0.15, 0.2) is 0 Å². The monoisotopic (exact) mass is 344 g/mol. The van der Waals surface area contributed by atoms with Crippen LogP contribution in [0.5, 0.6) is 0 Å². The maximum absolute atomic E-state index is 11.4. The molecule has 2 aliphatic rings. The third-order valence-corrected chi connectivity index (χ3v) is 6.54. The first-order valence-electron chi connectivity index (χ1n) is 8.96. The summed E-state index contributed by atoms with van der Waals surface area (Å²) in [6.07, 6.45) is 7.83. The summed E-state index contributed by atoms with van der Waals surface area (Å²) >= 11 is 1.86. The lowest BCUT2D eigenvalue weighted by atomic mass is 9.96. The molecule has 128 valence electrons. The molecule has 0 atom stereocenters. The number of aromatic nitrogens is 2. The normalized spacial score (nSPS) is 19.3. The van der Waals surface area contributed by atoms with E-state index in [1.165, 1.54) is 41.5 Å². The smallest absolute Gasteiger partial charge is 0.220 e. The topological polar surface area (TPSA) is 72.1 Å². The molecule has 4 rings (SSSR count). The Morgan fingerprint density at radius 3 is 2.67 bits per heavy atom. The molecule has 5 nitrogen and oxygen atoms in total. The average molecular weight is 344 g/mol. The molecule has 0 bridgehead atoms. The van der Waals surface area contributed by atoms with Crippen LogP contribution >= 0.6 is 11.3 Å². The molecule has 0 aromatic carbocycles. The Hall–Kier alpha value is -1.69. The SMILES string of the molecule is Cc1nc(N2CCC(C(N)=O)CC2)c2c3c(sc2n1)CCCCC3. The molecule has 2 aromatic rings. The number of piperidine rings is 1. The van der Waals surface area contributed by atoms with E-state index >= 15 is 0 Å². The standard InChI is InChI=1S/C18H24N4OS/c1-11-20-17(22-9-7-12(8-10-22)16(19)23)15-13-5-3-2-4-6-14(13)24-18(15)21-11/h12H,2-10H2,1H3,(H2,19,23). The Bertz CT molecular complexity index is 777. The van der Waals surface area contributed by atoms with E-state index in [0.717, 1.165) is 48.8 Å². The lowest BCUT2D eigenvalue weighted by molar-refractivity contribution is -0.122. The first-order valence-corrected chi connectivity index (χ1v) is 9.78. The molecular formula is C18H24N4OS. The number of carbonyl (C=O) groups excluding carboxylic acids is 1. The minimum Gasteiger partial charge on any atom is -0.369 e. The summed E-state index contributed by atoms with van der Waals surface area (Å²) in [7, 11) is 0.